The van der Waals surface area contributed by atoms with Crippen LogP contribution in [0.1, 0.15) is 119 Å². The first-order chi connectivity index (χ1) is 11.3. The van der Waals surface area contributed by atoms with Crippen LogP contribution in [0.4, 0.5) is 0 Å². The van der Waals surface area contributed by atoms with Crippen LogP contribution in [0.15, 0.2) is 0 Å². The lowest BCUT2D eigenvalue weighted by Gasteiger charge is -2.16. The maximum atomic E-state index is 4.09. The van der Waals surface area contributed by atoms with Gasteiger partial charge in [-0.2, -0.15) is 0 Å². The van der Waals surface area contributed by atoms with Crippen molar-refractivity contribution in [3.05, 3.63) is 6.92 Å². The minimum atomic E-state index is 0.630. The second kappa shape index (κ2) is 15.3. The van der Waals surface area contributed by atoms with Crippen molar-refractivity contribution >= 4 is 0 Å². The molecule has 4 atom stereocenters. The van der Waals surface area contributed by atoms with Crippen LogP contribution in [-0.2, 0) is 0 Å². The summed E-state index contributed by atoms with van der Waals surface area (Å²) < 4.78 is 0. The normalized spacial score (nSPS) is 15.9. The van der Waals surface area contributed by atoms with Crippen LogP contribution >= 0.6 is 0 Å². The Bertz CT molecular complexity index is 227. The smallest absolute Gasteiger partial charge is 0.0443 e. The van der Waals surface area contributed by atoms with E-state index in [1.807, 2.05) is 0 Å². The molecule has 0 aliphatic rings. The van der Waals surface area contributed by atoms with Gasteiger partial charge in [-0.25, -0.2) is 0 Å². The van der Waals surface area contributed by atoms with Crippen LogP contribution in [0.3, 0.4) is 0 Å². The first-order valence-electron chi connectivity index (χ1n) is 11.1. The van der Waals surface area contributed by atoms with Crippen LogP contribution in [0.2, 0.25) is 0 Å². The molecule has 0 spiro atoms. The summed E-state index contributed by atoms with van der Waals surface area (Å²) >= 11 is 0. The number of hydrogen-bond donors (Lipinski definition) is 0. The molecule has 0 aromatic heterocycles. The van der Waals surface area contributed by atoms with Gasteiger partial charge < -0.3 is 0 Å². The summed E-state index contributed by atoms with van der Waals surface area (Å²) in [6, 6.07) is 0. The van der Waals surface area contributed by atoms with Gasteiger partial charge in [-0.1, -0.05) is 126 Å². The molecule has 0 heterocycles. The van der Waals surface area contributed by atoms with Gasteiger partial charge in [0, 0.05) is 0 Å². The minimum Gasteiger partial charge on any atom is -0.0628 e. The molecule has 0 saturated carbocycles. The fourth-order valence-corrected chi connectivity index (χ4v) is 3.75. The van der Waals surface area contributed by atoms with Crippen LogP contribution in [0, 0.1) is 36.5 Å². The average Bonchev–Trinajstić information content (AvgIpc) is 2.46. The SMILES string of the molecule is [CH2]C(C)CCCC(C)CCCC(C)CCCC(C)CCCC(C)C. The van der Waals surface area contributed by atoms with Crippen molar-refractivity contribution in [1.29, 1.82) is 0 Å². The molecule has 0 heteroatoms. The maximum Gasteiger partial charge on any atom is -0.0443 e. The third-order valence-corrected chi connectivity index (χ3v) is 5.66. The predicted molar refractivity (Wildman–Crippen MR) is 112 cm³/mol. The van der Waals surface area contributed by atoms with Crippen LogP contribution in [0.5, 0.6) is 0 Å². The Balaban J connectivity index is 3.50. The van der Waals surface area contributed by atoms with Gasteiger partial charge in [-0.3, -0.25) is 0 Å². The van der Waals surface area contributed by atoms with E-state index in [1.165, 1.54) is 77.0 Å². The highest BCUT2D eigenvalue weighted by molar-refractivity contribution is 4.62. The van der Waals surface area contributed by atoms with Crippen molar-refractivity contribution in [1.82, 2.24) is 0 Å². The Hall–Kier alpha value is 0. The summed E-state index contributed by atoms with van der Waals surface area (Å²) in [4.78, 5) is 0. The van der Waals surface area contributed by atoms with Crippen molar-refractivity contribution in [2.75, 3.05) is 0 Å². The van der Waals surface area contributed by atoms with Gasteiger partial charge in [0.05, 0.1) is 0 Å². The maximum absolute atomic E-state index is 4.09. The molecule has 0 amide bonds. The van der Waals surface area contributed by atoms with Crippen LogP contribution in [0.25, 0.3) is 0 Å². The monoisotopic (exact) mass is 337 g/mol. The number of rotatable bonds is 16. The van der Waals surface area contributed by atoms with Gasteiger partial charge in [0.15, 0.2) is 0 Å². The van der Waals surface area contributed by atoms with E-state index >= 15 is 0 Å². The Kier molecular flexibility index (Phi) is 15.3. The molecular formula is C24H49. The third-order valence-electron chi connectivity index (χ3n) is 5.66. The summed E-state index contributed by atoms with van der Waals surface area (Å²) in [5.41, 5.74) is 0. The van der Waals surface area contributed by atoms with Crippen molar-refractivity contribution in [2.45, 2.75) is 119 Å². The predicted octanol–water partition coefficient (Wildman–Crippen LogP) is 8.70. The molecule has 0 nitrogen and oxygen atoms in total. The molecule has 1 radical (unpaired) electrons. The second-order valence-electron chi connectivity index (χ2n) is 9.54. The van der Waals surface area contributed by atoms with Gasteiger partial charge in [0.1, 0.15) is 0 Å². The molecule has 0 aromatic carbocycles. The Morgan fingerprint density at radius 2 is 0.750 bits per heavy atom. The van der Waals surface area contributed by atoms with E-state index in [0.717, 1.165) is 23.7 Å². The number of hydrogen-bond acceptors (Lipinski definition) is 0. The second-order valence-corrected chi connectivity index (χ2v) is 9.54. The lowest BCUT2D eigenvalue weighted by Crippen LogP contribution is -2.02. The Morgan fingerprint density at radius 1 is 0.458 bits per heavy atom. The Morgan fingerprint density at radius 3 is 1.04 bits per heavy atom. The van der Waals surface area contributed by atoms with E-state index in [4.69, 9.17) is 0 Å². The molecule has 24 heavy (non-hydrogen) atoms. The van der Waals surface area contributed by atoms with Crippen molar-refractivity contribution < 1.29 is 0 Å². The molecule has 0 aliphatic carbocycles. The average molecular weight is 338 g/mol. The highest BCUT2D eigenvalue weighted by Crippen LogP contribution is 2.23. The summed E-state index contributed by atoms with van der Waals surface area (Å²) in [7, 11) is 0. The van der Waals surface area contributed by atoms with Crippen LogP contribution < -0.4 is 0 Å². The molecule has 145 valence electrons. The molecule has 0 saturated heterocycles. The molecule has 0 aliphatic heterocycles. The zero-order valence-electron chi connectivity index (χ0n) is 18.1. The summed E-state index contributed by atoms with van der Waals surface area (Å²) in [5.74, 6) is 4.29. The fourth-order valence-electron chi connectivity index (χ4n) is 3.75. The highest BCUT2D eigenvalue weighted by Gasteiger charge is 2.08. The first kappa shape index (κ1) is 24.0. The van der Waals surface area contributed by atoms with E-state index in [1.54, 1.807) is 0 Å². The summed E-state index contributed by atoms with van der Waals surface area (Å²) in [6.07, 6.45) is 17.0. The molecule has 0 rings (SSSR count). The molecule has 0 bridgehead atoms. The Labute approximate surface area is 155 Å². The zero-order chi connectivity index (χ0) is 18.4. The van der Waals surface area contributed by atoms with Crippen LogP contribution in [-0.4, -0.2) is 0 Å². The molecule has 0 N–H and O–H groups in total. The third kappa shape index (κ3) is 16.8. The van der Waals surface area contributed by atoms with E-state index < -0.39 is 0 Å². The van der Waals surface area contributed by atoms with E-state index in [2.05, 4.69) is 48.5 Å². The van der Waals surface area contributed by atoms with Gasteiger partial charge in [0.2, 0.25) is 0 Å². The molecule has 0 fully saturated rings. The van der Waals surface area contributed by atoms with Gasteiger partial charge in [0.25, 0.3) is 0 Å². The lowest BCUT2D eigenvalue weighted by molar-refractivity contribution is 0.370. The van der Waals surface area contributed by atoms with E-state index in [0.29, 0.717) is 5.92 Å². The fraction of sp³-hybridized carbons (Fsp3) is 0.958. The lowest BCUT2D eigenvalue weighted by atomic mass is 9.90. The summed E-state index contributed by atoms with van der Waals surface area (Å²) in [5, 5.41) is 0. The van der Waals surface area contributed by atoms with E-state index in [-0.39, 0.29) is 0 Å². The van der Waals surface area contributed by atoms with Gasteiger partial charge in [-0.05, 0) is 29.6 Å². The van der Waals surface area contributed by atoms with Crippen molar-refractivity contribution in [3.63, 3.8) is 0 Å². The van der Waals surface area contributed by atoms with Crippen molar-refractivity contribution in [3.8, 4) is 0 Å². The largest absolute Gasteiger partial charge is 0.0628 e. The van der Waals surface area contributed by atoms with Crippen molar-refractivity contribution in [2.24, 2.45) is 29.6 Å². The topological polar surface area (TPSA) is 0 Å². The molecule has 4 unspecified atom stereocenters. The summed E-state index contributed by atoms with van der Waals surface area (Å²) in [6.45, 7) is 18.4. The van der Waals surface area contributed by atoms with E-state index in [9.17, 15) is 0 Å². The van der Waals surface area contributed by atoms with Gasteiger partial charge in [-0.15, -0.1) is 0 Å². The standard InChI is InChI=1S/C24H49/c1-20(2)12-8-14-22(5)16-10-18-24(7)19-11-17-23(6)15-9-13-21(3)4/h20-24H,1,8-19H2,2-7H3. The first-order valence-corrected chi connectivity index (χ1v) is 11.1. The zero-order valence-corrected chi connectivity index (χ0v) is 18.1. The molecule has 0 aromatic rings. The highest BCUT2D eigenvalue weighted by atomic mass is 14.1. The van der Waals surface area contributed by atoms with Gasteiger partial charge >= 0.3 is 0 Å². The molecular weight excluding hydrogens is 288 g/mol. The minimum absolute atomic E-state index is 0.630. The quantitative estimate of drug-likeness (QED) is 0.264.